The maximum absolute atomic E-state index is 2.29. The maximum atomic E-state index is 2.29. The predicted molar refractivity (Wildman–Crippen MR) is 34.1 cm³/mol. The van der Waals surface area contributed by atoms with Crippen LogP contribution < -0.4 is 0 Å². The zero-order valence-corrected chi connectivity index (χ0v) is 6.24. The van der Waals surface area contributed by atoms with Crippen LogP contribution in [0, 0.1) is 0 Å². The van der Waals surface area contributed by atoms with E-state index in [4.69, 9.17) is 0 Å². The lowest BCUT2D eigenvalue weighted by molar-refractivity contribution is 1.07. The van der Waals surface area contributed by atoms with Gasteiger partial charge in [-0.3, -0.25) is 0 Å². The van der Waals surface area contributed by atoms with Crippen molar-refractivity contribution in [2.45, 2.75) is 32.4 Å². The summed E-state index contributed by atoms with van der Waals surface area (Å²) < 4.78 is 0. The second-order valence-electron chi connectivity index (χ2n) is 1.71. The molecule has 0 radical (unpaired) electrons. The minimum absolute atomic E-state index is 0.422. The molecule has 0 aromatic heterocycles. The summed E-state index contributed by atoms with van der Waals surface area (Å²) >= 11 is 0. The first-order valence-electron chi connectivity index (χ1n) is 2.91. The predicted octanol–water partition coefficient (Wildman–Crippen LogP) is 1.42. The first-order valence-corrected chi connectivity index (χ1v) is 4.91. The van der Waals surface area contributed by atoms with Gasteiger partial charge in [-0.15, -0.1) is 0 Å². The van der Waals surface area contributed by atoms with Gasteiger partial charge in [0.1, 0.15) is 0 Å². The van der Waals surface area contributed by atoms with Gasteiger partial charge < -0.3 is 0 Å². The van der Waals surface area contributed by atoms with Crippen LogP contribution in [0.5, 0.6) is 0 Å². The highest BCUT2D eigenvalue weighted by molar-refractivity contribution is 6.35. The van der Waals surface area contributed by atoms with E-state index in [0.29, 0.717) is 9.52 Å². The van der Waals surface area contributed by atoms with Crippen LogP contribution in [-0.2, 0) is 0 Å². The third-order valence-electron chi connectivity index (χ3n) is 0.957. The molecule has 0 fully saturated rings. The van der Waals surface area contributed by atoms with Crippen molar-refractivity contribution in [1.82, 2.24) is 0 Å². The Bertz CT molecular complexity index is 15.9. The Labute approximate surface area is 42.8 Å². The van der Waals surface area contributed by atoms with Crippen molar-refractivity contribution in [3.8, 4) is 0 Å². The van der Waals surface area contributed by atoms with Crippen LogP contribution in [0.25, 0.3) is 0 Å². The fourth-order valence-electron chi connectivity index (χ4n) is 0.500. The van der Waals surface area contributed by atoms with Crippen LogP contribution in [0.2, 0.25) is 12.1 Å². The molecule has 0 heterocycles. The normalized spacial score (nSPS) is 11.0. The van der Waals surface area contributed by atoms with Crippen molar-refractivity contribution in [1.29, 1.82) is 0 Å². The molecule has 0 amide bonds. The van der Waals surface area contributed by atoms with Gasteiger partial charge in [-0.1, -0.05) is 32.4 Å². The second kappa shape index (κ2) is 5.22. The van der Waals surface area contributed by atoms with Crippen molar-refractivity contribution in [2.24, 2.45) is 0 Å². The molecule has 0 atom stereocenters. The van der Waals surface area contributed by atoms with Gasteiger partial charge in [-0.05, 0) is 0 Å². The molecular weight excluding hydrogens is 88.1 g/mol. The van der Waals surface area contributed by atoms with Crippen molar-refractivity contribution in [2.75, 3.05) is 0 Å². The third-order valence-corrected chi connectivity index (χ3v) is 2.87. The van der Waals surface area contributed by atoms with Crippen molar-refractivity contribution < 1.29 is 0 Å². The Morgan fingerprint density at radius 1 is 1.33 bits per heavy atom. The summed E-state index contributed by atoms with van der Waals surface area (Å²) in [7, 11) is 0.422. The minimum Gasteiger partial charge on any atom is -0.0683 e. The molecule has 0 bridgehead atoms. The highest BCUT2D eigenvalue weighted by atomic mass is 28.2. The summed E-state index contributed by atoms with van der Waals surface area (Å²) in [6.45, 7) is 4.56. The van der Waals surface area contributed by atoms with E-state index in [1.165, 1.54) is 12.5 Å². The quantitative estimate of drug-likeness (QED) is 0.373. The average Bonchev–Trinajstić information content (AvgIpc) is 1.61. The summed E-state index contributed by atoms with van der Waals surface area (Å²) in [6, 6.07) is 3.05. The molecule has 0 spiro atoms. The lowest BCUT2D eigenvalue weighted by Gasteiger charge is -1.84. The van der Waals surface area contributed by atoms with Crippen LogP contribution in [0.3, 0.4) is 0 Å². The standard InChI is InChI=1S/C5H14Si/c1-3-5-6-4-2/h3-6H2,1-2H3. The summed E-state index contributed by atoms with van der Waals surface area (Å²) in [5.74, 6) is 0. The average molecular weight is 102 g/mol. The Morgan fingerprint density at radius 2 is 2.00 bits per heavy atom. The van der Waals surface area contributed by atoms with Crippen molar-refractivity contribution >= 4 is 9.52 Å². The van der Waals surface area contributed by atoms with Gasteiger partial charge in [0, 0.05) is 9.52 Å². The van der Waals surface area contributed by atoms with Gasteiger partial charge in [-0.2, -0.15) is 0 Å². The molecule has 0 saturated carbocycles. The Kier molecular flexibility index (Phi) is 5.41. The van der Waals surface area contributed by atoms with Crippen LogP contribution in [0.1, 0.15) is 20.3 Å². The highest BCUT2D eigenvalue weighted by Crippen LogP contribution is 1.86. The number of hydrogen-bond acceptors (Lipinski definition) is 0. The Hall–Kier alpha value is 0.217. The molecule has 0 aliphatic rings. The summed E-state index contributed by atoms with van der Waals surface area (Å²) in [5.41, 5.74) is 0. The molecular formula is C5H14Si. The smallest absolute Gasteiger partial charge is 0.0195 e. The Balaban J connectivity index is 2.34. The lowest BCUT2D eigenvalue weighted by Crippen LogP contribution is -1.80. The minimum atomic E-state index is 0.422. The van der Waals surface area contributed by atoms with E-state index >= 15 is 0 Å². The van der Waals surface area contributed by atoms with Gasteiger partial charge in [-0.25, -0.2) is 0 Å². The third kappa shape index (κ3) is 4.22. The zero-order valence-electron chi connectivity index (χ0n) is 4.83. The second-order valence-corrected chi connectivity index (χ2v) is 4.12. The molecule has 0 aromatic rings. The van der Waals surface area contributed by atoms with E-state index in [2.05, 4.69) is 13.8 Å². The first-order chi connectivity index (χ1) is 2.91. The molecule has 0 unspecified atom stereocenters. The molecule has 0 aliphatic heterocycles. The van der Waals surface area contributed by atoms with E-state index in [-0.39, 0.29) is 0 Å². The maximum Gasteiger partial charge on any atom is 0.0195 e. The molecule has 0 rings (SSSR count). The van der Waals surface area contributed by atoms with Gasteiger partial charge in [0.2, 0.25) is 0 Å². The van der Waals surface area contributed by atoms with E-state index in [0.717, 1.165) is 0 Å². The molecule has 1 heteroatoms. The number of hydrogen-bond donors (Lipinski definition) is 0. The largest absolute Gasteiger partial charge is 0.0683 e. The summed E-state index contributed by atoms with van der Waals surface area (Å²) in [6.07, 6.45) is 1.42. The SMILES string of the molecule is CCC[SiH2]CC. The van der Waals surface area contributed by atoms with Gasteiger partial charge in [0.25, 0.3) is 0 Å². The lowest BCUT2D eigenvalue weighted by atomic mass is 10.6. The topological polar surface area (TPSA) is 0 Å². The van der Waals surface area contributed by atoms with E-state index in [1.54, 1.807) is 6.04 Å². The Morgan fingerprint density at radius 3 is 2.17 bits per heavy atom. The summed E-state index contributed by atoms with van der Waals surface area (Å²) in [4.78, 5) is 0. The fraction of sp³-hybridized carbons (Fsp3) is 1.00. The van der Waals surface area contributed by atoms with Crippen molar-refractivity contribution in [3.63, 3.8) is 0 Å². The number of rotatable bonds is 3. The van der Waals surface area contributed by atoms with Crippen LogP contribution in [0.4, 0.5) is 0 Å². The van der Waals surface area contributed by atoms with E-state index in [1.807, 2.05) is 0 Å². The molecule has 0 aliphatic carbocycles. The monoisotopic (exact) mass is 102 g/mol. The molecule has 38 valence electrons. The zero-order chi connectivity index (χ0) is 4.83. The van der Waals surface area contributed by atoms with Crippen LogP contribution in [0.15, 0.2) is 0 Å². The van der Waals surface area contributed by atoms with Gasteiger partial charge in [0.15, 0.2) is 0 Å². The first kappa shape index (κ1) is 6.22. The highest BCUT2D eigenvalue weighted by Gasteiger charge is 1.76. The summed E-state index contributed by atoms with van der Waals surface area (Å²) in [5, 5.41) is 0. The van der Waals surface area contributed by atoms with E-state index < -0.39 is 0 Å². The fourth-order valence-corrected chi connectivity index (χ4v) is 1.50. The molecule has 6 heavy (non-hydrogen) atoms. The molecule has 0 N–H and O–H groups in total. The van der Waals surface area contributed by atoms with Crippen LogP contribution in [-0.4, -0.2) is 9.52 Å². The van der Waals surface area contributed by atoms with Gasteiger partial charge >= 0.3 is 0 Å². The van der Waals surface area contributed by atoms with Crippen LogP contribution >= 0.6 is 0 Å². The molecule has 0 aromatic carbocycles. The van der Waals surface area contributed by atoms with E-state index in [9.17, 15) is 0 Å². The van der Waals surface area contributed by atoms with Crippen molar-refractivity contribution in [3.05, 3.63) is 0 Å². The molecule has 0 nitrogen and oxygen atoms in total. The van der Waals surface area contributed by atoms with Gasteiger partial charge in [0.05, 0.1) is 0 Å². The molecule has 0 saturated heterocycles.